The molecule has 0 saturated carbocycles. The third-order valence-corrected chi connectivity index (χ3v) is 16.2. The lowest BCUT2D eigenvalue weighted by atomic mass is 9.80. The molecule has 2 saturated heterocycles. The van der Waals surface area contributed by atoms with Crippen molar-refractivity contribution in [1.82, 2.24) is 9.99 Å². The Kier molecular flexibility index (Phi) is 28.7. The average molecular weight is 1200 g/mol. The molecule has 0 bridgehead atoms. The van der Waals surface area contributed by atoms with E-state index in [0.29, 0.717) is 24.3 Å². The van der Waals surface area contributed by atoms with Crippen LogP contribution in [0, 0.1) is 22.7 Å². The van der Waals surface area contributed by atoms with E-state index in [-0.39, 0.29) is 90.4 Å². The molecule has 21 nitrogen and oxygen atoms in total. The second-order valence-electron chi connectivity index (χ2n) is 22.2. The number of unbranched alkanes of at least 4 members (excludes halogenated alkanes) is 1. The van der Waals surface area contributed by atoms with E-state index in [1.165, 1.54) is 20.8 Å². The van der Waals surface area contributed by atoms with Crippen molar-refractivity contribution < 1.29 is 85.1 Å². The molecule has 3 aromatic carbocycles. The predicted octanol–water partition coefficient (Wildman–Crippen LogP) is 8.95. The number of methoxy groups -OCH3 is 2. The number of nitrogens with one attached hydrogen (secondary N) is 1. The second kappa shape index (κ2) is 34.7. The van der Waals surface area contributed by atoms with Gasteiger partial charge in [0.2, 0.25) is 5.91 Å². The maximum absolute atomic E-state index is 12.7. The third kappa shape index (κ3) is 20.4. The summed E-state index contributed by atoms with van der Waals surface area (Å²) in [7, 11) is 1.50. The first kappa shape index (κ1) is 69.4. The predicted molar refractivity (Wildman–Crippen MR) is 311 cm³/mol. The summed E-state index contributed by atoms with van der Waals surface area (Å²) in [6.45, 7) is 21.1. The van der Waals surface area contributed by atoms with Crippen molar-refractivity contribution in [2.75, 3.05) is 73.8 Å². The first-order chi connectivity index (χ1) is 40.1. The second-order valence-corrected chi connectivity index (χ2v) is 23.6. The fraction of sp³-hybridized carbons (Fsp3) is 0.629. The Hall–Kier alpha value is -5.34. The van der Waals surface area contributed by atoms with Gasteiger partial charge in [0, 0.05) is 58.3 Å². The van der Waals surface area contributed by atoms with Crippen LogP contribution in [0.2, 0.25) is 0 Å². The van der Waals surface area contributed by atoms with Crippen LogP contribution in [0.1, 0.15) is 119 Å². The van der Waals surface area contributed by atoms with Gasteiger partial charge in [-0.05, 0) is 86.9 Å². The first-order valence-corrected chi connectivity index (χ1v) is 30.0. The van der Waals surface area contributed by atoms with Gasteiger partial charge in [-0.3, -0.25) is 19.2 Å². The van der Waals surface area contributed by atoms with E-state index in [2.05, 4.69) is 64.5 Å². The van der Waals surface area contributed by atoms with Crippen LogP contribution < -0.4 is 14.8 Å². The van der Waals surface area contributed by atoms with Gasteiger partial charge in [-0.15, -0.1) is 0 Å². The molecule has 2 fully saturated rings. The highest BCUT2D eigenvalue weighted by Crippen LogP contribution is 2.52. The van der Waals surface area contributed by atoms with Crippen molar-refractivity contribution >= 4 is 32.3 Å². The van der Waals surface area contributed by atoms with Crippen molar-refractivity contribution in [2.45, 2.75) is 169 Å². The maximum atomic E-state index is 12.7. The van der Waals surface area contributed by atoms with Crippen molar-refractivity contribution in [3.63, 3.8) is 0 Å². The normalized spacial score (nSPS) is 22.1. The summed E-state index contributed by atoms with van der Waals surface area (Å²) in [5.41, 5.74) is 0.979. The quantitative estimate of drug-likeness (QED) is 0.0144. The number of carbonyl (C=O) groups is 4. The summed E-state index contributed by atoms with van der Waals surface area (Å²) in [6, 6.07) is 28.0. The maximum Gasteiger partial charge on any atom is 0.303 e. The molecule has 466 valence electrons. The number of carbonyl (C=O) groups excluding carboxylic acids is 4. The largest absolute Gasteiger partial charge is 0.497 e. The van der Waals surface area contributed by atoms with Crippen LogP contribution in [0.4, 0.5) is 0 Å². The van der Waals surface area contributed by atoms with Crippen molar-refractivity contribution in [3.05, 3.63) is 95.6 Å². The molecular weight excluding hydrogens is 1110 g/mol. The highest BCUT2D eigenvalue weighted by molar-refractivity contribution is 7.44. The summed E-state index contributed by atoms with van der Waals surface area (Å²) < 4.78 is 88.4. The zero-order valence-electron chi connectivity index (χ0n) is 51.2. The van der Waals surface area contributed by atoms with E-state index >= 15 is 0 Å². The minimum Gasteiger partial charge on any atom is -0.497 e. The fourth-order valence-electron chi connectivity index (χ4n) is 10.2. The Bertz CT molecular complexity index is 2440. The topological polar surface area (TPSA) is 237 Å². The van der Waals surface area contributed by atoms with Gasteiger partial charge in [0.15, 0.2) is 12.4 Å². The van der Waals surface area contributed by atoms with E-state index in [1.807, 2.05) is 78.9 Å². The van der Waals surface area contributed by atoms with Gasteiger partial charge >= 0.3 is 17.9 Å². The van der Waals surface area contributed by atoms with E-state index in [0.717, 1.165) is 16.7 Å². The average Bonchev–Trinajstić information content (AvgIpc) is 1.43. The SMILES string of the molecule is COc1ccc(C(OCC2O[C@@H](C(C)(C)C)[C@H](OCOCCOCCNC(=O)CCCCOC3OC(COC(C)=O)C(OC(C)=O)C(OC(C)=O)C3C)[C@@H]2OP(OCCC#N)N(C(C)C)C(C)C)(c2ccccc2)c2ccc(OC)cc2)cc1. The molecule has 5 rings (SSSR count). The lowest BCUT2D eigenvalue weighted by Gasteiger charge is -2.43. The molecule has 84 heavy (non-hydrogen) atoms. The Morgan fingerprint density at radius 2 is 1.26 bits per heavy atom. The van der Waals surface area contributed by atoms with E-state index in [9.17, 15) is 24.4 Å². The van der Waals surface area contributed by atoms with Gasteiger partial charge in [0.1, 0.15) is 61.0 Å². The highest BCUT2D eigenvalue weighted by Gasteiger charge is 2.54. The molecule has 0 aromatic heterocycles. The number of esters is 3. The number of hydrogen-bond acceptors (Lipinski definition) is 20. The van der Waals surface area contributed by atoms with Crippen molar-refractivity contribution in [3.8, 4) is 17.6 Å². The van der Waals surface area contributed by atoms with Gasteiger partial charge in [-0.2, -0.15) is 5.26 Å². The number of amides is 1. The van der Waals surface area contributed by atoms with Crippen LogP contribution in [-0.2, 0) is 81.2 Å². The molecule has 10 atom stereocenters. The molecule has 2 aliphatic heterocycles. The molecule has 0 aliphatic carbocycles. The molecular formula is C62H90N3O18P. The smallest absolute Gasteiger partial charge is 0.303 e. The van der Waals surface area contributed by atoms with Gasteiger partial charge in [0.25, 0.3) is 8.53 Å². The molecule has 1 N–H and O–H groups in total. The standard InChI is InChI=1S/C62H90N3O18P/c1-41(2)65(42(3)4)84(78-34-19-31-63)83-57-53(39-77-62(47-20-15-14-16-21-47,48-23-27-50(70-12)28-24-48)49-25-29-51(71-13)30-26-49)81-59(61(9,10)11)58(57)76-40-73-37-36-72-35-32-64-54(69)22-17-18-33-74-60-43(5)55(79-45(7)67)56(80-46(8)68)52(82-60)38-75-44(6)66/h14-16,20-21,23-30,41-43,52-53,55-60H,17-19,22,32-40H2,1-13H3,(H,64,69)/t43?,52?,53?,55?,56?,57-,58-,59-,60?,84?/m1/s1. The number of nitriles is 1. The van der Waals surface area contributed by atoms with Gasteiger partial charge in [-0.1, -0.05) is 82.3 Å². The molecule has 0 radical (unpaired) electrons. The molecule has 7 unspecified atom stereocenters. The van der Waals surface area contributed by atoms with Gasteiger partial charge < -0.3 is 71.2 Å². The Morgan fingerprint density at radius 3 is 1.82 bits per heavy atom. The minimum absolute atomic E-state index is 0.0212. The van der Waals surface area contributed by atoms with Crippen LogP contribution in [0.25, 0.3) is 0 Å². The molecule has 2 aliphatic rings. The van der Waals surface area contributed by atoms with Crippen molar-refractivity contribution in [2.24, 2.45) is 11.3 Å². The number of ether oxygens (including phenoxy) is 12. The molecule has 2 heterocycles. The number of nitrogens with zero attached hydrogens (tertiary/aromatic N) is 2. The van der Waals surface area contributed by atoms with Crippen LogP contribution in [-0.4, -0.2) is 163 Å². The summed E-state index contributed by atoms with van der Waals surface area (Å²) in [4.78, 5) is 48.3. The summed E-state index contributed by atoms with van der Waals surface area (Å²) in [5, 5.41) is 12.4. The number of benzene rings is 3. The molecule has 22 heteroatoms. The summed E-state index contributed by atoms with van der Waals surface area (Å²) in [5.74, 6) is -1.06. The summed E-state index contributed by atoms with van der Waals surface area (Å²) in [6.07, 6.45) is -4.94. The first-order valence-electron chi connectivity index (χ1n) is 28.8. The zero-order valence-corrected chi connectivity index (χ0v) is 52.1. The lowest BCUT2D eigenvalue weighted by Crippen LogP contribution is -2.58. The Labute approximate surface area is 497 Å². The Balaban J connectivity index is 1.22. The van der Waals surface area contributed by atoms with Crippen LogP contribution in [0.5, 0.6) is 11.5 Å². The molecule has 3 aromatic rings. The van der Waals surface area contributed by atoms with E-state index < -0.39 is 92.4 Å². The van der Waals surface area contributed by atoms with Crippen molar-refractivity contribution in [1.29, 1.82) is 5.26 Å². The number of rotatable bonds is 35. The fourth-order valence-corrected chi connectivity index (χ4v) is 11.9. The molecule has 1 amide bonds. The monoisotopic (exact) mass is 1200 g/mol. The lowest BCUT2D eigenvalue weighted by molar-refractivity contribution is -0.288. The molecule has 0 spiro atoms. The van der Waals surface area contributed by atoms with E-state index in [1.54, 1.807) is 21.1 Å². The van der Waals surface area contributed by atoms with Crippen LogP contribution in [0.3, 0.4) is 0 Å². The van der Waals surface area contributed by atoms with Crippen LogP contribution >= 0.6 is 8.53 Å². The Morgan fingerprint density at radius 1 is 0.679 bits per heavy atom. The third-order valence-electron chi connectivity index (χ3n) is 14.0. The minimum atomic E-state index is -1.77. The summed E-state index contributed by atoms with van der Waals surface area (Å²) >= 11 is 0. The zero-order chi connectivity index (χ0) is 61.4. The number of hydrogen-bond donors (Lipinski definition) is 1. The van der Waals surface area contributed by atoms with E-state index in [4.69, 9.17) is 65.9 Å². The highest BCUT2D eigenvalue weighted by atomic mass is 31.2. The van der Waals surface area contributed by atoms with Crippen LogP contribution in [0.15, 0.2) is 78.9 Å². The van der Waals surface area contributed by atoms with Gasteiger partial charge in [-0.25, -0.2) is 4.67 Å². The van der Waals surface area contributed by atoms with Gasteiger partial charge in [0.05, 0.1) is 65.8 Å².